The standard InChI is InChI=1S/C12H15NO/c1-13(11-8-3-2-4-9-11)12(14)10-6-5-7-10/h2-4,8-10H,5-7H2,1H3. The summed E-state index contributed by atoms with van der Waals surface area (Å²) in [5, 5.41) is 0. The second kappa shape index (κ2) is 3.82. The molecule has 2 rings (SSSR count). The Morgan fingerprint density at radius 1 is 1.29 bits per heavy atom. The van der Waals surface area contributed by atoms with Crippen molar-refractivity contribution in [1.82, 2.24) is 0 Å². The summed E-state index contributed by atoms with van der Waals surface area (Å²) in [6, 6.07) is 9.82. The molecule has 0 heterocycles. The summed E-state index contributed by atoms with van der Waals surface area (Å²) in [4.78, 5) is 13.6. The molecule has 1 fully saturated rings. The number of benzene rings is 1. The molecule has 14 heavy (non-hydrogen) atoms. The van der Waals surface area contributed by atoms with Crippen molar-refractivity contribution in [2.24, 2.45) is 5.92 Å². The minimum atomic E-state index is 0.266. The van der Waals surface area contributed by atoms with Crippen molar-refractivity contribution in [1.29, 1.82) is 0 Å². The van der Waals surface area contributed by atoms with Gasteiger partial charge in [-0.1, -0.05) is 24.6 Å². The minimum Gasteiger partial charge on any atom is -0.315 e. The van der Waals surface area contributed by atoms with Gasteiger partial charge in [0.2, 0.25) is 5.91 Å². The zero-order chi connectivity index (χ0) is 9.97. The first-order valence-corrected chi connectivity index (χ1v) is 5.11. The van der Waals surface area contributed by atoms with Crippen LogP contribution in [0.15, 0.2) is 30.3 Å². The maximum Gasteiger partial charge on any atom is 0.229 e. The second-order valence-electron chi connectivity index (χ2n) is 3.86. The molecule has 0 radical (unpaired) electrons. The molecule has 74 valence electrons. The van der Waals surface area contributed by atoms with E-state index in [-0.39, 0.29) is 11.8 Å². The first kappa shape index (κ1) is 9.25. The van der Waals surface area contributed by atoms with Gasteiger partial charge in [0.1, 0.15) is 0 Å². The predicted octanol–water partition coefficient (Wildman–Crippen LogP) is 2.45. The van der Waals surface area contributed by atoms with Gasteiger partial charge in [0.15, 0.2) is 0 Å². The Hall–Kier alpha value is -1.31. The van der Waals surface area contributed by atoms with Gasteiger partial charge in [-0.05, 0) is 25.0 Å². The molecular weight excluding hydrogens is 174 g/mol. The number of hydrogen-bond acceptors (Lipinski definition) is 1. The van der Waals surface area contributed by atoms with Crippen molar-refractivity contribution in [3.8, 4) is 0 Å². The van der Waals surface area contributed by atoms with Crippen LogP contribution in [0.2, 0.25) is 0 Å². The number of amides is 1. The van der Waals surface area contributed by atoms with E-state index in [2.05, 4.69) is 0 Å². The maximum absolute atomic E-state index is 11.9. The number of carbonyl (C=O) groups excluding carboxylic acids is 1. The third-order valence-corrected chi connectivity index (χ3v) is 2.93. The molecule has 0 unspecified atom stereocenters. The molecule has 0 saturated heterocycles. The number of rotatable bonds is 2. The lowest BCUT2D eigenvalue weighted by Crippen LogP contribution is -2.36. The summed E-state index contributed by atoms with van der Waals surface area (Å²) in [6.45, 7) is 0. The van der Waals surface area contributed by atoms with Gasteiger partial charge < -0.3 is 4.90 Å². The monoisotopic (exact) mass is 189 g/mol. The first-order valence-electron chi connectivity index (χ1n) is 5.11. The molecule has 0 atom stereocenters. The molecule has 1 aromatic carbocycles. The van der Waals surface area contributed by atoms with Crippen LogP contribution in [-0.4, -0.2) is 13.0 Å². The Morgan fingerprint density at radius 2 is 1.93 bits per heavy atom. The maximum atomic E-state index is 11.9. The van der Waals surface area contributed by atoms with Gasteiger partial charge in [-0.3, -0.25) is 4.79 Å². The number of hydrogen-bond donors (Lipinski definition) is 0. The normalized spacial score (nSPS) is 16.1. The van der Waals surface area contributed by atoms with Gasteiger partial charge in [-0.15, -0.1) is 0 Å². The smallest absolute Gasteiger partial charge is 0.229 e. The van der Waals surface area contributed by atoms with Crippen LogP contribution in [0.4, 0.5) is 5.69 Å². The van der Waals surface area contributed by atoms with Crippen LogP contribution < -0.4 is 4.90 Å². The van der Waals surface area contributed by atoms with E-state index in [0.717, 1.165) is 18.5 Å². The molecular formula is C12H15NO. The summed E-state index contributed by atoms with van der Waals surface area (Å²) in [7, 11) is 1.86. The Labute approximate surface area is 84.5 Å². The quantitative estimate of drug-likeness (QED) is 0.699. The highest BCUT2D eigenvalue weighted by molar-refractivity contribution is 5.94. The van der Waals surface area contributed by atoms with Crippen LogP contribution >= 0.6 is 0 Å². The van der Waals surface area contributed by atoms with E-state index in [0.29, 0.717) is 0 Å². The van der Waals surface area contributed by atoms with Crippen molar-refractivity contribution < 1.29 is 4.79 Å². The minimum absolute atomic E-state index is 0.266. The third kappa shape index (κ3) is 1.65. The Kier molecular flexibility index (Phi) is 2.53. The van der Waals surface area contributed by atoms with Gasteiger partial charge >= 0.3 is 0 Å². The fourth-order valence-electron chi connectivity index (χ4n) is 1.71. The lowest BCUT2D eigenvalue weighted by Gasteiger charge is -2.29. The second-order valence-corrected chi connectivity index (χ2v) is 3.86. The van der Waals surface area contributed by atoms with Crippen molar-refractivity contribution in [2.75, 3.05) is 11.9 Å². The fourth-order valence-corrected chi connectivity index (χ4v) is 1.71. The third-order valence-electron chi connectivity index (χ3n) is 2.93. The number of carbonyl (C=O) groups is 1. The lowest BCUT2D eigenvalue weighted by atomic mass is 9.84. The first-order chi connectivity index (χ1) is 6.79. The SMILES string of the molecule is CN(C(=O)C1CCC1)c1ccccc1. The molecule has 0 N–H and O–H groups in total. The van der Waals surface area contributed by atoms with Crippen molar-refractivity contribution in [3.63, 3.8) is 0 Å². The largest absolute Gasteiger partial charge is 0.315 e. The number of nitrogens with zero attached hydrogens (tertiary/aromatic N) is 1. The highest BCUT2D eigenvalue weighted by atomic mass is 16.2. The summed E-state index contributed by atoms with van der Waals surface area (Å²) >= 11 is 0. The molecule has 0 aliphatic heterocycles. The lowest BCUT2D eigenvalue weighted by molar-refractivity contribution is -0.124. The van der Waals surface area contributed by atoms with E-state index in [4.69, 9.17) is 0 Å². The average Bonchev–Trinajstić information content (AvgIpc) is 2.15. The van der Waals surface area contributed by atoms with Gasteiger partial charge in [-0.25, -0.2) is 0 Å². The van der Waals surface area contributed by atoms with Crippen LogP contribution in [-0.2, 0) is 4.79 Å². The Balaban J connectivity index is 2.07. The van der Waals surface area contributed by atoms with Crippen molar-refractivity contribution in [3.05, 3.63) is 30.3 Å². The van der Waals surface area contributed by atoms with E-state index in [1.165, 1.54) is 6.42 Å². The molecule has 2 nitrogen and oxygen atoms in total. The van der Waals surface area contributed by atoms with Gasteiger partial charge in [-0.2, -0.15) is 0 Å². The fraction of sp³-hybridized carbons (Fsp3) is 0.417. The molecule has 2 heteroatoms. The number of para-hydroxylation sites is 1. The van der Waals surface area contributed by atoms with Gasteiger partial charge in [0.05, 0.1) is 0 Å². The molecule has 1 aromatic rings. The van der Waals surface area contributed by atoms with Crippen LogP contribution in [0.3, 0.4) is 0 Å². The van der Waals surface area contributed by atoms with Crippen LogP contribution in [0.25, 0.3) is 0 Å². The highest BCUT2D eigenvalue weighted by Crippen LogP contribution is 2.29. The van der Waals surface area contributed by atoms with E-state index in [1.54, 1.807) is 4.90 Å². The van der Waals surface area contributed by atoms with Crippen LogP contribution in [0, 0.1) is 5.92 Å². The molecule has 1 aliphatic carbocycles. The molecule has 0 spiro atoms. The van der Waals surface area contributed by atoms with E-state index in [9.17, 15) is 4.79 Å². The van der Waals surface area contributed by atoms with Crippen LogP contribution in [0.1, 0.15) is 19.3 Å². The van der Waals surface area contributed by atoms with Crippen molar-refractivity contribution in [2.45, 2.75) is 19.3 Å². The predicted molar refractivity (Wildman–Crippen MR) is 57.2 cm³/mol. The molecule has 1 aliphatic rings. The van der Waals surface area contributed by atoms with E-state index >= 15 is 0 Å². The average molecular weight is 189 g/mol. The van der Waals surface area contributed by atoms with Crippen LogP contribution in [0.5, 0.6) is 0 Å². The molecule has 0 bridgehead atoms. The Bertz CT molecular complexity index is 316. The summed E-state index contributed by atoms with van der Waals surface area (Å²) in [6.07, 6.45) is 3.34. The topological polar surface area (TPSA) is 20.3 Å². The van der Waals surface area contributed by atoms with E-state index < -0.39 is 0 Å². The molecule has 0 aromatic heterocycles. The zero-order valence-electron chi connectivity index (χ0n) is 8.44. The van der Waals surface area contributed by atoms with Crippen molar-refractivity contribution >= 4 is 11.6 Å². The van der Waals surface area contributed by atoms with E-state index in [1.807, 2.05) is 37.4 Å². The molecule has 1 saturated carbocycles. The summed E-state index contributed by atoms with van der Waals surface area (Å²) < 4.78 is 0. The zero-order valence-corrected chi connectivity index (χ0v) is 8.44. The number of anilines is 1. The molecule has 1 amide bonds. The highest BCUT2D eigenvalue weighted by Gasteiger charge is 2.28. The van der Waals surface area contributed by atoms with Gasteiger partial charge in [0, 0.05) is 18.7 Å². The summed E-state index contributed by atoms with van der Waals surface area (Å²) in [5.41, 5.74) is 0.990. The summed E-state index contributed by atoms with van der Waals surface area (Å²) in [5.74, 6) is 0.544. The Morgan fingerprint density at radius 3 is 2.43 bits per heavy atom. The van der Waals surface area contributed by atoms with Gasteiger partial charge in [0.25, 0.3) is 0 Å².